The molecule has 0 fully saturated rings. The van der Waals surface area contributed by atoms with E-state index in [1.165, 1.54) is 0 Å². The molecule has 0 amide bonds. The van der Waals surface area contributed by atoms with Crippen molar-refractivity contribution in [2.75, 3.05) is 0 Å². The molecule has 0 aliphatic carbocycles. The maximum Gasteiger partial charge on any atom is 0.369 e. The molecule has 2 aromatic carbocycles. The minimum absolute atomic E-state index is 0.383. The first-order valence-corrected chi connectivity index (χ1v) is 7.47. The van der Waals surface area contributed by atoms with Crippen molar-refractivity contribution in [1.29, 1.82) is 0 Å². The Balaban J connectivity index is 2.60. The first-order valence-electron chi connectivity index (χ1n) is 5.97. The fourth-order valence-corrected chi connectivity index (χ4v) is 4.40. The molecule has 0 aliphatic rings. The zero-order chi connectivity index (χ0) is 14.0. The van der Waals surface area contributed by atoms with Gasteiger partial charge in [-0.3, -0.25) is 0 Å². The lowest BCUT2D eigenvalue weighted by Gasteiger charge is -2.21. The monoisotopic (exact) mass is 279 g/mol. The Morgan fingerprint density at radius 2 is 1.47 bits per heavy atom. The van der Waals surface area contributed by atoms with Gasteiger partial charge in [0.25, 0.3) is 8.80 Å². The van der Waals surface area contributed by atoms with Crippen LogP contribution in [0.2, 0.25) is 0 Å². The van der Waals surface area contributed by atoms with Gasteiger partial charge in [0, 0.05) is 0 Å². The average Bonchev–Trinajstić information content (AvgIpc) is 2.35. The minimum Gasteiger partial charge on any atom is -0.176 e. The number of rotatable bonds is 2. The van der Waals surface area contributed by atoms with Gasteiger partial charge >= 0.3 is 5.80 Å². The highest BCUT2D eigenvalue weighted by Gasteiger charge is 2.45. The molecule has 2 aromatic rings. The van der Waals surface area contributed by atoms with Gasteiger partial charge < -0.3 is 0 Å². The van der Waals surface area contributed by atoms with Crippen LogP contribution in [0.1, 0.15) is 11.1 Å². The number of alkyl halides is 3. The van der Waals surface area contributed by atoms with Gasteiger partial charge in [0.05, 0.1) is 0 Å². The summed E-state index contributed by atoms with van der Waals surface area (Å²) in [6, 6.07) is 13.4. The molecule has 0 heterocycles. The zero-order valence-electron chi connectivity index (χ0n) is 10.8. The number of benzene rings is 2. The summed E-state index contributed by atoms with van der Waals surface area (Å²) in [4.78, 5) is 0. The van der Waals surface area contributed by atoms with E-state index in [0.29, 0.717) is 10.4 Å². The summed E-state index contributed by atoms with van der Waals surface area (Å²) in [7, 11) is -2.77. The topological polar surface area (TPSA) is 0 Å². The SMILES string of the molecule is Cc1cccc([Si](c2ccccc2)C(F)(F)F)c1C. The Morgan fingerprint density at radius 3 is 2.05 bits per heavy atom. The summed E-state index contributed by atoms with van der Waals surface area (Å²) >= 11 is 0. The van der Waals surface area contributed by atoms with Crippen LogP contribution in [-0.2, 0) is 0 Å². The van der Waals surface area contributed by atoms with E-state index >= 15 is 0 Å². The molecule has 19 heavy (non-hydrogen) atoms. The summed E-state index contributed by atoms with van der Waals surface area (Å²) in [5.41, 5.74) is 1.65. The van der Waals surface area contributed by atoms with Crippen molar-refractivity contribution < 1.29 is 13.2 Å². The van der Waals surface area contributed by atoms with E-state index in [-0.39, 0.29) is 0 Å². The van der Waals surface area contributed by atoms with Crippen LogP contribution < -0.4 is 10.4 Å². The van der Waals surface area contributed by atoms with Gasteiger partial charge in [0.2, 0.25) is 0 Å². The molecular weight excluding hydrogens is 265 g/mol. The van der Waals surface area contributed by atoms with E-state index in [2.05, 4.69) is 0 Å². The molecule has 0 atom stereocenters. The maximum absolute atomic E-state index is 13.4. The van der Waals surface area contributed by atoms with Crippen LogP contribution in [0.4, 0.5) is 13.2 Å². The van der Waals surface area contributed by atoms with Crippen LogP contribution in [0.5, 0.6) is 0 Å². The predicted octanol–water partition coefficient (Wildman–Crippen LogP) is 3.01. The van der Waals surface area contributed by atoms with Gasteiger partial charge in [0.1, 0.15) is 0 Å². The van der Waals surface area contributed by atoms with E-state index in [1.54, 1.807) is 49.4 Å². The number of halogens is 3. The number of aryl methyl sites for hydroxylation is 1. The maximum atomic E-state index is 13.4. The second kappa shape index (κ2) is 5.21. The van der Waals surface area contributed by atoms with Crippen LogP contribution >= 0.6 is 0 Å². The third kappa shape index (κ3) is 2.89. The normalized spacial score (nSPS) is 11.9. The highest BCUT2D eigenvalue weighted by molar-refractivity contribution is 6.87. The van der Waals surface area contributed by atoms with Crippen LogP contribution in [0.15, 0.2) is 48.5 Å². The molecule has 0 saturated heterocycles. The molecular formula is C15H14F3Si. The van der Waals surface area contributed by atoms with E-state index < -0.39 is 14.6 Å². The Labute approximate surface area is 112 Å². The first kappa shape index (κ1) is 13.9. The third-order valence-electron chi connectivity index (χ3n) is 3.22. The van der Waals surface area contributed by atoms with Crippen molar-refractivity contribution in [2.45, 2.75) is 19.6 Å². The molecule has 0 saturated carbocycles. The van der Waals surface area contributed by atoms with Crippen molar-refractivity contribution >= 4 is 19.2 Å². The lowest BCUT2D eigenvalue weighted by atomic mass is 10.1. The van der Waals surface area contributed by atoms with Gasteiger partial charge in [-0.1, -0.05) is 48.5 Å². The second-order valence-corrected chi connectivity index (χ2v) is 6.92. The van der Waals surface area contributed by atoms with Crippen molar-refractivity contribution in [3.05, 3.63) is 59.7 Å². The fraction of sp³-hybridized carbons (Fsp3) is 0.200. The standard InChI is InChI=1S/C15H14F3Si/c1-11-7-6-10-14(12(11)2)19(15(16,17)18)13-8-4-3-5-9-13/h3-10H,1-2H3. The first-order chi connectivity index (χ1) is 8.91. The quantitative estimate of drug-likeness (QED) is 0.741. The molecule has 99 valence electrons. The smallest absolute Gasteiger partial charge is 0.176 e. The summed E-state index contributed by atoms with van der Waals surface area (Å²) in [6.07, 6.45) is 0. The lowest BCUT2D eigenvalue weighted by molar-refractivity contribution is -0.0484. The van der Waals surface area contributed by atoms with E-state index in [4.69, 9.17) is 0 Å². The highest BCUT2D eigenvalue weighted by atomic mass is 28.3. The zero-order valence-corrected chi connectivity index (χ0v) is 11.8. The molecule has 1 radical (unpaired) electrons. The minimum atomic E-state index is -4.19. The highest BCUT2D eigenvalue weighted by Crippen LogP contribution is 2.20. The molecule has 0 bridgehead atoms. The molecule has 4 heteroatoms. The van der Waals surface area contributed by atoms with E-state index in [0.717, 1.165) is 11.1 Å². The van der Waals surface area contributed by atoms with Gasteiger partial charge in [-0.25, -0.2) is 0 Å². The molecule has 0 unspecified atom stereocenters. The molecule has 0 nitrogen and oxygen atoms in total. The van der Waals surface area contributed by atoms with E-state index in [1.807, 2.05) is 13.0 Å². The largest absolute Gasteiger partial charge is 0.369 e. The van der Waals surface area contributed by atoms with Gasteiger partial charge in [-0.05, 0) is 35.3 Å². The summed E-state index contributed by atoms with van der Waals surface area (Å²) < 4.78 is 40.3. The van der Waals surface area contributed by atoms with Crippen LogP contribution in [0, 0.1) is 13.8 Å². The Kier molecular flexibility index (Phi) is 3.80. The summed E-state index contributed by atoms with van der Waals surface area (Å²) in [6.45, 7) is 3.61. The molecule has 0 N–H and O–H groups in total. The molecule has 2 rings (SSSR count). The number of hydrogen-bond acceptors (Lipinski definition) is 0. The molecule has 0 aliphatic heterocycles. The lowest BCUT2D eigenvalue weighted by Crippen LogP contribution is -2.55. The van der Waals surface area contributed by atoms with Crippen molar-refractivity contribution in [1.82, 2.24) is 0 Å². The average molecular weight is 279 g/mol. The third-order valence-corrected chi connectivity index (χ3v) is 5.78. The predicted molar refractivity (Wildman–Crippen MR) is 73.4 cm³/mol. The number of hydrogen-bond donors (Lipinski definition) is 0. The van der Waals surface area contributed by atoms with Crippen LogP contribution in [-0.4, -0.2) is 14.6 Å². The summed E-state index contributed by atoms with van der Waals surface area (Å²) in [5, 5.41) is 0.817. The second-order valence-electron chi connectivity index (χ2n) is 4.49. The van der Waals surface area contributed by atoms with E-state index in [9.17, 15) is 13.2 Å². The fourth-order valence-electron chi connectivity index (χ4n) is 2.10. The van der Waals surface area contributed by atoms with Crippen LogP contribution in [0.25, 0.3) is 0 Å². The Hall–Kier alpha value is -1.55. The Morgan fingerprint density at radius 1 is 0.842 bits per heavy atom. The van der Waals surface area contributed by atoms with Crippen LogP contribution in [0.3, 0.4) is 0 Å². The van der Waals surface area contributed by atoms with Gasteiger partial charge in [0.15, 0.2) is 0 Å². The van der Waals surface area contributed by atoms with Crippen molar-refractivity contribution in [3.63, 3.8) is 0 Å². The molecule has 0 spiro atoms. The van der Waals surface area contributed by atoms with Gasteiger partial charge in [-0.2, -0.15) is 13.2 Å². The summed E-state index contributed by atoms with van der Waals surface area (Å²) in [5.74, 6) is -4.19. The van der Waals surface area contributed by atoms with Crippen molar-refractivity contribution in [3.8, 4) is 0 Å². The van der Waals surface area contributed by atoms with Gasteiger partial charge in [-0.15, -0.1) is 0 Å². The Bertz CT molecular complexity index is 561. The van der Waals surface area contributed by atoms with Crippen molar-refractivity contribution in [2.24, 2.45) is 0 Å². The molecule has 0 aromatic heterocycles.